The van der Waals surface area contributed by atoms with Gasteiger partial charge in [-0.2, -0.15) is 0 Å². The topological polar surface area (TPSA) is 55.0 Å². The standard InChI is InChI=1S/C22H18ClFN2O3/c23-18-8-3-2-7-17(18)20-12-16(29-25-20)14-26(22(27)21-10-5-11-28-21)13-15-6-1-4-9-19(15)24/h1-11,16H,12-14H2/t16-/m0/s1. The molecular weight excluding hydrogens is 395 g/mol. The molecule has 1 aliphatic heterocycles. The maximum absolute atomic E-state index is 14.2. The van der Waals surface area contributed by atoms with Gasteiger partial charge in [0, 0.05) is 29.1 Å². The zero-order chi connectivity index (χ0) is 20.2. The first-order chi connectivity index (χ1) is 14.1. The van der Waals surface area contributed by atoms with Crippen molar-refractivity contribution < 1.29 is 18.4 Å². The van der Waals surface area contributed by atoms with Crippen LogP contribution in [0.3, 0.4) is 0 Å². The van der Waals surface area contributed by atoms with Crippen molar-refractivity contribution in [1.29, 1.82) is 0 Å². The lowest BCUT2D eigenvalue weighted by Gasteiger charge is -2.24. The number of rotatable bonds is 6. The largest absolute Gasteiger partial charge is 0.459 e. The molecule has 1 aromatic heterocycles. The number of benzene rings is 2. The van der Waals surface area contributed by atoms with Gasteiger partial charge in [0.2, 0.25) is 0 Å². The van der Waals surface area contributed by atoms with Crippen LogP contribution in [0.1, 0.15) is 28.1 Å². The van der Waals surface area contributed by atoms with E-state index in [4.69, 9.17) is 20.9 Å². The summed E-state index contributed by atoms with van der Waals surface area (Å²) in [6.07, 6.45) is 1.55. The molecule has 1 atom stereocenters. The van der Waals surface area contributed by atoms with E-state index in [1.54, 1.807) is 36.4 Å². The van der Waals surface area contributed by atoms with Crippen LogP contribution in [0.15, 0.2) is 76.5 Å². The number of carbonyl (C=O) groups is 1. The Morgan fingerprint density at radius 2 is 1.93 bits per heavy atom. The molecule has 0 spiro atoms. The number of amides is 1. The average Bonchev–Trinajstić information content (AvgIpc) is 3.41. The minimum absolute atomic E-state index is 0.0908. The highest BCUT2D eigenvalue weighted by molar-refractivity contribution is 6.34. The molecule has 1 amide bonds. The fourth-order valence-electron chi connectivity index (χ4n) is 3.23. The third kappa shape index (κ3) is 4.32. The second kappa shape index (κ2) is 8.49. The molecule has 5 nitrogen and oxygen atoms in total. The van der Waals surface area contributed by atoms with Gasteiger partial charge in [-0.25, -0.2) is 4.39 Å². The van der Waals surface area contributed by atoms with Crippen molar-refractivity contribution in [3.8, 4) is 0 Å². The third-order valence-corrected chi connectivity index (χ3v) is 5.01. The maximum atomic E-state index is 14.2. The molecule has 0 fully saturated rings. The van der Waals surface area contributed by atoms with E-state index in [0.717, 1.165) is 11.3 Å². The molecule has 0 unspecified atom stereocenters. The Bertz CT molecular complexity index is 1040. The van der Waals surface area contributed by atoms with Crippen LogP contribution in [0.4, 0.5) is 4.39 Å². The van der Waals surface area contributed by atoms with E-state index in [1.165, 1.54) is 17.2 Å². The van der Waals surface area contributed by atoms with Gasteiger partial charge in [-0.15, -0.1) is 0 Å². The minimum Gasteiger partial charge on any atom is -0.459 e. The fraction of sp³-hybridized carbons (Fsp3) is 0.182. The predicted molar refractivity (Wildman–Crippen MR) is 107 cm³/mol. The number of carbonyl (C=O) groups excluding carboxylic acids is 1. The minimum atomic E-state index is -0.370. The molecule has 0 bridgehead atoms. The van der Waals surface area contributed by atoms with Crippen LogP contribution >= 0.6 is 11.6 Å². The zero-order valence-electron chi connectivity index (χ0n) is 15.4. The van der Waals surface area contributed by atoms with Crippen molar-refractivity contribution in [1.82, 2.24) is 4.90 Å². The van der Waals surface area contributed by atoms with Crippen molar-refractivity contribution in [3.05, 3.63) is 94.7 Å². The summed E-state index contributed by atoms with van der Waals surface area (Å²) in [5.74, 6) is -0.523. The first-order valence-corrected chi connectivity index (χ1v) is 9.53. The summed E-state index contributed by atoms with van der Waals surface area (Å²) in [5, 5.41) is 4.73. The van der Waals surface area contributed by atoms with Crippen LogP contribution < -0.4 is 0 Å². The van der Waals surface area contributed by atoms with Crippen molar-refractivity contribution in [2.24, 2.45) is 5.16 Å². The number of hydrogen-bond acceptors (Lipinski definition) is 4. The molecule has 0 N–H and O–H groups in total. The van der Waals surface area contributed by atoms with E-state index < -0.39 is 0 Å². The Balaban J connectivity index is 1.51. The van der Waals surface area contributed by atoms with Crippen molar-refractivity contribution in [2.75, 3.05) is 6.54 Å². The summed E-state index contributed by atoms with van der Waals surface area (Å²) in [6.45, 7) is 0.318. The first kappa shape index (κ1) is 19.2. The SMILES string of the molecule is O=C(c1ccco1)N(Cc1ccccc1F)C[C@@H]1CC(c2ccccc2Cl)=NO1. The van der Waals surface area contributed by atoms with Gasteiger partial charge in [-0.3, -0.25) is 4.79 Å². The molecule has 2 aromatic carbocycles. The second-order valence-corrected chi connectivity index (χ2v) is 7.11. The molecule has 0 saturated carbocycles. The van der Waals surface area contributed by atoms with E-state index in [2.05, 4.69) is 5.16 Å². The van der Waals surface area contributed by atoms with E-state index >= 15 is 0 Å². The number of halogens is 2. The van der Waals surface area contributed by atoms with Crippen LogP contribution in [-0.2, 0) is 11.4 Å². The van der Waals surface area contributed by atoms with Crippen LogP contribution in [-0.4, -0.2) is 29.2 Å². The lowest BCUT2D eigenvalue weighted by Crippen LogP contribution is -2.37. The molecule has 0 aliphatic carbocycles. The van der Waals surface area contributed by atoms with Gasteiger partial charge in [0.15, 0.2) is 11.9 Å². The Labute approximate surface area is 172 Å². The van der Waals surface area contributed by atoms with E-state index in [9.17, 15) is 9.18 Å². The van der Waals surface area contributed by atoms with Crippen LogP contribution in [0.25, 0.3) is 0 Å². The number of hydrogen-bond donors (Lipinski definition) is 0. The molecule has 7 heteroatoms. The Morgan fingerprint density at radius 3 is 2.69 bits per heavy atom. The molecule has 4 rings (SSSR count). The quantitative estimate of drug-likeness (QED) is 0.578. The Morgan fingerprint density at radius 1 is 1.14 bits per heavy atom. The normalized spacial score (nSPS) is 15.7. The number of oxime groups is 1. The molecule has 3 aromatic rings. The van der Waals surface area contributed by atoms with Gasteiger partial charge >= 0.3 is 0 Å². The van der Waals surface area contributed by atoms with Gasteiger partial charge in [0.05, 0.1) is 18.5 Å². The highest BCUT2D eigenvalue weighted by Gasteiger charge is 2.29. The summed E-state index contributed by atoms with van der Waals surface area (Å²) in [5.41, 5.74) is 1.93. The van der Waals surface area contributed by atoms with Gasteiger partial charge < -0.3 is 14.2 Å². The zero-order valence-corrected chi connectivity index (χ0v) is 16.2. The molecule has 1 aliphatic rings. The highest BCUT2D eigenvalue weighted by atomic mass is 35.5. The smallest absolute Gasteiger partial charge is 0.289 e. The van der Waals surface area contributed by atoms with Gasteiger partial charge in [0.25, 0.3) is 5.91 Å². The second-order valence-electron chi connectivity index (χ2n) is 6.70. The molecule has 148 valence electrons. The molecule has 29 heavy (non-hydrogen) atoms. The van der Waals surface area contributed by atoms with Gasteiger partial charge in [-0.05, 0) is 24.3 Å². The van der Waals surface area contributed by atoms with Crippen molar-refractivity contribution in [3.63, 3.8) is 0 Å². The predicted octanol–water partition coefficient (Wildman–Crippen LogP) is 4.91. The Hall–Kier alpha value is -3.12. The third-order valence-electron chi connectivity index (χ3n) is 4.68. The maximum Gasteiger partial charge on any atom is 0.289 e. The van der Waals surface area contributed by atoms with Gasteiger partial charge in [-0.1, -0.05) is 53.2 Å². The number of nitrogens with zero attached hydrogens (tertiary/aromatic N) is 2. The first-order valence-electron chi connectivity index (χ1n) is 9.15. The summed E-state index contributed by atoms with van der Waals surface area (Å²) in [6, 6.07) is 17.0. The monoisotopic (exact) mass is 412 g/mol. The van der Waals surface area contributed by atoms with E-state index in [-0.39, 0.29) is 36.7 Å². The van der Waals surface area contributed by atoms with Gasteiger partial charge in [0.1, 0.15) is 5.82 Å². The summed E-state index contributed by atoms with van der Waals surface area (Å²) in [7, 11) is 0. The molecule has 0 radical (unpaired) electrons. The van der Waals surface area contributed by atoms with Crippen LogP contribution in [0.2, 0.25) is 5.02 Å². The molecule has 0 saturated heterocycles. The lowest BCUT2D eigenvalue weighted by molar-refractivity contribution is 0.0385. The average molecular weight is 413 g/mol. The Kier molecular flexibility index (Phi) is 5.62. The summed E-state index contributed by atoms with van der Waals surface area (Å²) < 4.78 is 19.4. The highest BCUT2D eigenvalue weighted by Crippen LogP contribution is 2.24. The number of furan rings is 1. The fourth-order valence-corrected chi connectivity index (χ4v) is 3.48. The summed E-state index contributed by atoms with van der Waals surface area (Å²) in [4.78, 5) is 20.0. The molecular formula is C22H18ClFN2O3. The lowest BCUT2D eigenvalue weighted by atomic mass is 10.0. The van der Waals surface area contributed by atoms with Crippen molar-refractivity contribution >= 4 is 23.2 Å². The van der Waals surface area contributed by atoms with E-state index in [0.29, 0.717) is 17.0 Å². The van der Waals surface area contributed by atoms with E-state index in [1.807, 2.05) is 18.2 Å². The van der Waals surface area contributed by atoms with Crippen LogP contribution in [0, 0.1) is 5.82 Å². The van der Waals surface area contributed by atoms with Crippen LogP contribution in [0.5, 0.6) is 0 Å². The summed E-state index contributed by atoms with van der Waals surface area (Å²) >= 11 is 6.25. The molecule has 2 heterocycles. The van der Waals surface area contributed by atoms with Crippen molar-refractivity contribution in [2.45, 2.75) is 19.1 Å².